The molecule has 98 valence electrons. The fraction of sp³-hybridized carbons (Fsp3) is 0.167. The highest BCUT2D eigenvalue weighted by Gasteiger charge is 2.21. The average molecular weight is 260 g/mol. The number of benzene rings is 2. The summed E-state index contributed by atoms with van der Waals surface area (Å²) in [6.07, 6.45) is 3.91. The van der Waals surface area contributed by atoms with Gasteiger partial charge < -0.3 is 4.98 Å². The maximum Gasteiger partial charge on any atom is 0.106 e. The van der Waals surface area contributed by atoms with Gasteiger partial charge >= 0.3 is 0 Å². The predicted molar refractivity (Wildman–Crippen MR) is 81.6 cm³/mol. The molecule has 2 nitrogen and oxygen atoms in total. The summed E-state index contributed by atoms with van der Waals surface area (Å²) >= 11 is 0. The van der Waals surface area contributed by atoms with E-state index in [1.54, 1.807) is 0 Å². The lowest BCUT2D eigenvalue weighted by molar-refractivity contribution is 0.990. The molecule has 0 atom stereocenters. The van der Waals surface area contributed by atoms with Crippen LogP contribution < -0.4 is 0 Å². The molecule has 0 aliphatic heterocycles. The van der Waals surface area contributed by atoms with Crippen molar-refractivity contribution in [2.45, 2.75) is 19.8 Å². The van der Waals surface area contributed by atoms with E-state index in [4.69, 9.17) is 0 Å². The summed E-state index contributed by atoms with van der Waals surface area (Å²) in [5, 5.41) is 0. The molecule has 0 amide bonds. The largest absolute Gasteiger partial charge is 0.342 e. The third-order valence-corrected chi connectivity index (χ3v) is 4.10. The number of hydrogen-bond donors (Lipinski definition) is 1. The zero-order chi connectivity index (χ0) is 13.5. The molecule has 0 saturated carbocycles. The highest BCUT2D eigenvalue weighted by atomic mass is 14.9. The Bertz CT molecular complexity index is 784. The molecular weight excluding hydrogens is 244 g/mol. The van der Waals surface area contributed by atoms with Gasteiger partial charge in [-0.1, -0.05) is 49.4 Å². The Morgan fingerprint density at radius 3 is 2.65 bits per heavy atom. The summed E-state index contributed by atoms with van der Waals surface area (Å²) < 4.78 is 0. The third-order valence-electron chi connectivity index (χ3n) is 4.10. The van der Waals surface area contributed by atoms with E-state index >= 15 is 0 Å². The van der Waals surface area contributed by atoms with Gasteiger partial charge in [-0.3, -0.25) is 0 Å². The topological polar surface area (TPSA) is 28.7 Å². The fourth-order valence-corrected chi connectivity index (χ4v) is 3.09. The van der Waals surface area contributed by atoms with E-state index in [2.05, 4.69) is 59.4 Å². The normalized spacial score (nSPS) is 12.2. The number of fused-ring (bicyclic) bond motifs is 3. The van der Waals surface area contributed by atoms with Crippen molar-refractivity contribution in [3.63, 3.8) is 0 Å². The second kappa shape index (κ2) is 4.34. The molecule has 0 radical (unpaired) electrons. The Morgan fingerprint density at radius 2 is 1.80 bits per heavy atom. The Kier molecular flexibility index (Phi) is 2.49. The molecule has 0 fully saturated rings. The molecule has 1 aromatic heterocycles. The smallest absolute Gasteiger partial charge is 0.106 e. The zero-order valence-corrected chi connectivity index (χ0v) is 11.5. The van der Waals surface area contributed by atoms with Gasteiger partial charge in [-0.2, -0.15) is 0 Å². The van der Waals surface area contributed by atoms with Crippen LogP contribution in [0.25, 0.3) is 22.4 Å². The summed E-state index contributed by atoms with van der Waals surface area (Å²) in [5.74, 6) is 1.05. The molecule has 2 aromatic carbocycles. The molecule has 1 aliphatic carbocycles. The average Bonchev–Trinajstić information content (AvgIpc) is 3.11. The van der Waals surface area contributed by atoms with E-state index in [0.29, 0.717) is 0 Å². The van der Waals surface area contributed by atoms with Gasteiger partial charge in [0.05, 0.1) is 11.9 Å². The minimum absolute atomic E-state index is 0.940. The van der Waals surface area contributed by atoms with Crippen LogP contribution in [0.4, 0.5) is 0 Å². The van der Waals surface area contributed by atoms with Crippen molar-refractivity contribution in [2.75, 3.05) is 0 Å². The first-order valence-corrected chi connectivity index (χ1v) is 7.11. The minimum Gasteiger partial charge on any atom is -0.342 e. The maximum atomic E-state index is 4.43. The third kappa shape index (κ3) is 1.61. The van der Waals surface area contributed by atoms with E-state index in [-0.39, 0.29) is 0 Å². The molecule has 4 rings (SSSR count). The minimum atomic E-state index is 0.940. The van der Waals surface area contributed by atoms with Crippen LogP contribution in [0.5, 0.6) is 0 Å². The van der Waals surface area contributed by atoms with E-state index in [9.17, 15) is 0 Å². The summed E-state index contributed by atoms with van der Waals surface area (Å²) in [6.45, 7) is 2.12. The summed E-state index contributed by atoms with van der Waals surface area (Å²) in [4.78, 5) is 7.85. The first-order valence-electron chi connectivity index (χ1n) is 7.11. The molecule has 0 bridgehead atoms. The van der Waals surface area contributed by atoms with Crippen molar-refractivity contribution in [3.05, 3.63) is 65.6 Å². The lowest BCUT2D eigenvalue weighted by Gasteiger charge is -2.06. The SMILES string of the molecule is CCc1ncc(-c2cccc3c2Cc2ccccc2-3)[nH]1. The van der Waals surface area contributed by atoms with Gasteiger partial charge in [0.1, 0.15) is 5.82 Å². The number of hydrogen-bond acceptors (Lipinski definition) is 1. The summed E-state index contributed by atoms with van der Waals surface area (Å²) in [7, 11) is 0. The van der Waals surface area contributed by atoms with Gasteiger partial charge in [0.25, 0.3) is 0 Å². The van der Waals surface area contributed by atoms with Gasteiger partial charge in [-0.05, 0) is 28.7 Å². The van der Waals surface area contributed by atoms with Crippen molar-refractivity contribution in [3.8, 4) is 22.4 Å². The first kappa shape index (κ1) is 11.5. The first-order chi connectivity index (χ1) is 9.86. The van der Waals surface area contributed by atoms with Gasteiger partial charge in [-0.25, -0.2) is 4.98 Å². The lowest BCUT2D eigenvalue weighted by Crippen LogP contribution is -1.88. The monoisotopic (exact) mass is 260 g/mol. The molecule has 0 saturated heterocycles. The van der Waals surface area contributed by atoms with Crippen molar-refractivity contribution >= 4 is 0 Å². The fourth-order valence-electron chi connectivity index (χ4n) is 3.09. The van der Waals surface area contributed by atoms with E-state index in [0.717, 1.165) is 24.4 Å². The van der Waals surface area contributed by atoms with Crippen LogP contribution in [0.2, 0.25) is 0 Å². The molecule has 3 aromatic rings. The molecular formula is C18H16N2. The molecule has 0 unspecified atom stereocenters. The Hall–Kier alpha value is -2.35. The lowest BCUT2D eigenvalue weighted by atomic mass is 9.99. The number of nitrogens with one attached hydrogen (secondary N) is 1. The van der Waals surface area contributed by atoms with Crippen molar-refractivity contribution in [2.24, 2.45) is 0 Å². The second-order valence-electron chi connectivity index (χ2n) is 5.26. The van der Waals surface area contributed by atoms with E-state index < -0.39 is 0 Å². The zero-order valence-electron chi connectivity index (χ0n) is 11.5. The van der Waals surface area contributed by atoms with Crippen molar-refractivity contribution in [1.82, 2.24) is 9.97 Å². The molecule has 1 heterocycles. The van der Waals surface area contributed by atoms with Gasteiger partial charge in [0.15, 0.2) is 0 Å². The van der Waals surface area contributed by atoms with E-state index in [1.165, 1.54) is 27.8 Å². The highest BCUT2D eigenvalue weighted by molar-refractivity contribution is 5.83. The van der Waals surface area contributed by atoms with Crippen LogP contribution in [0, 0.1) is 0 Å². The highest BCUT2D eigenvalue weighted by Crippen LogP contribution is 2.40. The molecule has 20 heavy (non-hydrogen) atoms. The number of imidazole rings is 1. The number of nitrogens with zero attached hydrogens (tertiary/aromatic N) is 1. The van der Waals surface area contributed by atoms with Gasteiger partial charge in [0.2, 0.25) is 0 Å². The van der Waals surface area contributed by atoms with Crippen LogP contribution in [-0.2, 0) is 12.8 Å². The maximum absolute atomic E-state index is 4.43. The van der Waals surface area contributed by atoms with Crippen LogP contribution >= 0.6 is 0 Å². The quantitative estimate of drug-likeness (QED) is 0.574. The Morgan fingerprint density at radius 1 is 1.00 bits per heavy atom. The standard InChI is InChI=1S/C18H16N2/c1-2-18-19-11-17(20-18)15-9-5-8-14-13-7-4-3-6-12(13)10-16(14)15/h3-9,11H,2,10H2,1H3,(H,19,20). The van der Waals surface area contributed by atoms with Crippen LogP contribution in [-0.4, -0.2) is 9.97 Å². The summed E-state index contributed by atoms with van der Waals surface area (Å²) in [6, 6.07) is 15.2. The Labute approximate surface area is 118 Å². The number of H-pyrrole nitrogens is 1. The second-order valence-corrected chi connectivity index (χ2v) is 5.26. The summed E-state index contributed by atoms with van der Waals surface area (Å²) in [5.41, 5.74) is 7.99. The number of aryl methyl sites for hydroxylation is 1. The van der Waals surface area contributed by atoms with Gasteiger partial charge in [0, 0.05) is 12.0 Å². The number of aromatic nitrogens is 2. The number of rotatable bonds is 2. The van der Waals surface area contributed by atoms with Crippen LogP contribution in [0.1, 0.15) is 23.9 Å². The van der Waals surface area contributed by atoms with Crippen LogP contribution in [0.15, 0.2) is 48.7 Å². The van der Waals surface area contributed by atoms with E-state index in [1.807, 2.05) is 6.20 Å². The van der Waals surface area contributed by atoms with Crippen LogP contribution in [0.3, 0.4) is 0 Å². The van der Waals surface area contributed by atoms with Crippen molar-refractivity contribution < 1.29 is 0 Å². The number of aromatic amines is 1. The molecule has 2 heteroatoms. The molecule has 0 spiro atoms. The molecule has 1 N–H and O–H groups in total. The molecule has 1 aliphatic rings. The predicted octanol–water partition coefficient (Wildman–Crippen LogP) is 4.21. The van der Waals surface area contributed by atoms with Crippen molar-refractivity contribution in [1.29, 1.82) is 0 Å². The van der Waals surface area contributed by atoms with Gasteiger partial charge in [-0.15, -0.1) is 0 Å². The Balaban J connectivity index is 1.89.